The van der Waals surface area contributed by atoms with Gasteiger partial charge in [-0.1, -0.05) is 19.3 Å². The van der Waals surface area contributed by atoms with E-state index in [1.54, 1.807) is 12.1 Å². The molecule has 0 saturated heterocycles. The van der Waals surface area contributed by atoms with Gasteiger partial charge in [-0.15, -0.1) is 0 Å². The van der Waals surface area contributed by atoms with Gasteiger partial charge in [0.1, 0.15) is 5.82 Å². The van der Waals surface area contributed by atoms with Crippen LogP contribution < -0.4 is 10.2 Å². The number of anilines is 2. The summed E-state index contributed by atoms with van der Waals surface area (Å²) in [6.45, 7) is 2.06. The Morgan fingerprint density at radius 1 is 1.22 bits per heavy atom. The Balaban J connectivity index is 1.90. The standard InChI is InChI=1S/C15H21FN2/c1-18-11-15(7-3-2-4-8-15)10-17-13-9-12(16)5-6-14(13)18/h5-6,9,17H,2-4,7-8,10-11H2,1H3. The molecule has 0 bridgehead atoms. The number of hydrogen-bond donors (Lipinski definition) is 1. The minimum absolute atomic E-state index is 0.158. The molecule has 3 rings (SSSR count). The summed E-state index contributed by atoms with van der Waals surface area (Å²) in [6, 6.07) is 5.06. The molecule has 18 heavy (non-hydrogen) atoms. The fourth-order valence-electron chi connectivity index (χ4n) is 3.55. The van der Waals surface area contributed by atoms with E-state index in [2.05, 4.69) is 17.3 Å². The predicted octanol–water partition coefficient (Wildman–Crippen LogP) is 3.64. The van der Waals surface area contributed by atoms with E-state index in [1.807, 2.05) is 6.07 Å². The summed E-state index contributed by atoms with van der Waals surface area (Å²) in [5.41, 5.74) is 2.45. The first kappa shape index (κ1) is 11.8. The van der Waals surface area contributed by atoms with Crippen molar-refractivity contribution in [2.75, 3.05) is 30.4 Å². The van der Waals surface area contributed by atoms with Crippen LogP contribution in [-0.2, 0) is 0 Å². The third-order valence-corrected chi connectivity index (χ3v) is 4.51. The van der Waals surface area contributed by atoms with Gasteiger partial charge in [-0.25, -0.2) is 4.39 Å². The minimum Gasteiger partial charge on any atom is -0.383 e. The van der Waals surface area contributed by atoms with E-state index >= 15 is 0 Å². The topological polar surface area (TPSA) is 15.3 Å². The van der Waals surface area contributed by atoms with Gasteiger partial charge < -0.3 is 10.2 Å². The largest absolute Gasteiger partial charge is 0.383 e. The molecule has 1 aromatic rings. The van der Waals surface area contributed by atoms with Gasteiger partial charge in [0.2, 0.25) is 0 Å². The van der Waals surface area contributed by atoms with Crippen LogP contribution in [0.25, 0.3) is 0 Å². The van der Waals surface area contributed by atoms with Gasteiger partial charge in [0.25, 0.3) is 0 Å². The van der Waals surface area contributed by atoms with E-state index in [4.69, 9.17) is 0 Å². The van der Waals surface area contributed by atoms with Crippen molar-refractivity contribution in [1.29, 1.82) is 0 Å². The molecule has 3 heteroatoms. The molecular formula is C15H21FN2. The Kier molecular flexibility index (Phi) is 2.92. The van der Waals surface area contributed by atoms with Crippen LogP contribution in [0, 0.1) is 11.2 Å². The number of benzene rings is 1. The third-order valence-electron chi connectivity index (χ3n) is 4.51. The maximum atomic E-state index is 13.3. The summed E-state index contributed by atoms with van der Waals surface area (Å²) in [7, 11) is 2.13. The molecule has 0 amide bonds. The van der Waals surface area contributed by atoms with E-state index in [1.165, 1.54) is 32.1 Å². The Bertz CT molecular complexity index is 438. The van der Waals surface area contributed by atoms with Crippen LogP contribution in [0.5, 0.6) is 0 Å². The van der Waals surface area contributed by atoms with Crippen molar-refractivity contribution in [1.82, 2.24) is 0 Å². The number of rotatable bonds is 0. The normalized spacial score (nSPS) is 22.2. The smallest absolute Gasteiger partial charge is 0.125 e. The molecule has 1 aromatic carbocycles. The van der Waals surface area contributed by atoms with E-state index < -0.39 is 0 Å². The number of fused-ring (bicyclic) bond motifs is 1. The maximum Gasteiger partial charge on any atom is 0.125 e. The molecule has 0 radical (unpaired) electrons. The van der Waals surface area contributed by atoms with Crippen LogP contribution >= 0.6 is 0 Å². The Labute approximate surface area is 108 Å². The van der Waals surface area contributed by atoms with Crippen LogP contribution in [0.15, 0.2) is 18.2 Å². The Morgan fingerprint density at radius 3 is 2.78 bits per heavy atom. The molecular weight excluding hydrogens is 227 g/mol. The summed E-state index contributed by atoms with van der Waals surface area (Å²) in [6.07, 6.45) is 6.62. The Morgan fingerprint density at radius 2 is 2.00 bits per heavy atom. The zero-order valence-corrected chi connectivity index (χ0v) is 11.0. The first-order chi connectivity index (χ1) is 8.69. The summed E-state index contributed by atoms with van der Waals surface area (Å²) in [5.74, 6) is -0.158. The summed E-state index contributed by atoms with van der Waals surface area (Å²) >= 11 is 0. The maximum absolute atomic E-state index is 13.3. The number of nitrogens with zero attached hydrogens (tertiary/aromatic N) is 1. The highest BCUT2D eigenvalue weighted by atomic mass is 19.1. The summed E-state index contributed by atoms with van der Waals surface area (Å²) in [4.78, 5) is 2.29. The van der Waals surface area contributed by atoms with Crippen molar-refractivity contribution in [3.8, 4) is 0 Å². The van der Waals surface area contributed by atoms with E-state index in [0.717, 1.165) is 24.5 Å². The van der Waals surface area contributed by atoms with Crippen LogP contribution in [0.2, 0.25) is 0 Å². The van der Waals surface area contributed by atoms with Gasteiger partial charge in [-0.3, -0.25) is 0 Å². The minimum atomic E-state index is -0.158. The highest BCUT2D eigenvalue weighted by molar-refractivity contribution is 5.71. The zero-order chi connectivity index (χ0) is 12.6. The molecule has 0 atom stereocenters. The lowest BCUT2D eigenvalue weighted by Crippen LogP contribution is -2.40. The molecule has 2 aliphatic rings. The predicted molar refractivity (Wildman–Crippen MR) is 73.7 cm³/mol. The summed E-state index contributed by atoms with van der Waals surface area (Å²) in [5, 5.41) is 3.48. The van der Waals surface area contributed by atoms with Crippen molar-refractivity contribution in [2.45, 2.75) is 32.1 Å². The van der Waals surface area contributed by atoms with Crippen LogP contribution in [0.1, 0.15) is 32.1 Å². The first-order valence-electron chi connectivity index (χ1n) is 6.93. The van der Waals surface area contributed by atoms with E-state index in [-0.39, 0.29) is 5.82 Å². The Hall–Kier alpha value is -1.25. The SMILES string of the molecule is CN1CC2(CCCCC2)CNc2cc(F)ccc21. The molecule has 1 spiro atoms. The van der Waals surface area contributed by atoms with Crippen LogP contribution in [0.4, 0.5) is 15.8 Å². The van der Waals surface area contributed by atoms with E-state index in [9.17, 15) is 4.39 Å². The molecule has 1 saturated carbocycles. The molecule has 0 aromatic heterocycles. The van der Waals surface area contributed by atoms with Crippen molar-refractivity contribution in [2.24, 2.45) is 5.41 Å². The lowest BCUT2D eigenvalue weighted by Gasteiger charge is -2.38. The fourth-order valence-corrected chi connectivity index (χ4v) is 3.55. The number of halogens is 1. The molecule has 1 aliphatic heterocycles. The summed E-state index contributed by atoms with van der Waals surface area (Å²) < 4.78 is 13.3. The molecule has 1 aliphatic carbocycles. The second-order valence-electron chi connectivity index (χ2n) is 5.93. The molecule has 1 heterocycles. The van der Waals surface area contributed by atoms with Crippen molar-refractivity contribution in [3.05, 3.63) is 24.0 Å². The molecule has 1 fully saturated rings. The highest BCUT2D eigenvalue weighted by Gasteiger charge is 2.35. The average molecular weight is 248 g/mol. The lowest BCUT2D eigenvalue weighted by molar-refractivity contribution is 0.215. The van der Waals surface area contributed by atoms with Gasteiger partial charge in [0, 0.05) is 25.6 Å². The zero-order valence-electron chi connectivity index (χ0n) is 11.0. The van der Waals surface area contributed by atoms with Crippen molar-refractivity contribution < 1.29 is 4.39 Å². The molecule has 2 nitrogen and oxygen atoms in total. The second-order valence-corrected chi connectivity index (χ2v) is 5.93. The number of hydrogen-bond acceptors (Lipinski definition) is 2. The lowest BCUT2D eigenvalue weighted by atomic mass is 9.74. The van der Waals surface area contributed by atoms with E-state index in [0.29, 0.717) is 5.41 Å². The average Bonchev–Trinajstić information content (AvgIpc) is 2.49. The first-order valence-corrected chi connectivity index (χ1v) is 6.93. The van der Waals surface area contributed by atoms with Gasteiger partial charge in [-0.2, -0.15) is 0 Å². The molecule has 0 unspecified atom stereocenters. The van der Waals surface area contributed by atoms with Crippen LogP contribution in [-0.4, -0.2) is 20.1 Å². The van der Waals surface area contributed by atoms with Crippen molar-refractivity contribution >= 4 is 11.4 Å². The fraction of sp³-hybridized carbons (Fsp3) is 0.600. The van der Waals surface area contributed by atoms with Gasteiger partial charge >= 0.3 is 0 Å². The van der Waals surface area contributed by atoms with Gasteiger partial charge in [-0.05, 0) is 31.0 Å². The van der Waals surface area contributed by atoms with Gasteiger partial charge in [0.05, 0.1) is 11.4 Å². The monoisotopic (exact) mass is 248 g/mol. The quantitative estimate of drug-likeness (QED) is 0.754. The second kappa shape index (κ2) is 4.45. The van der Waals surface area contributed by atoms with Crippen LogP contribution in [0.3, 0.4) is 0 Å². The third kappa shape index (κ3) is 2.06. The highest BCUT2D eigenvalue weighted by Crippen LogP contribution is 2.41. The number of nitrogens with one attached hydrogen (secondary N) is 1. The van der Waals surface area contributed by atoms with Crippen molar-refractivity contribution in [3.63, 3.8) is 0 Å². The molecule has 98 valence electrons. The van der Waals surface area contributed by atoms with Gasteiger partial charge in [0.15, 0.2) is 0 Å². The molecule has 1 N–H and O–H groups in total.